The molecular weight excluding hydrogens is 314 g/mol. The Labute approximate surface area is 150 Å². The van der Waals surface area contributed by atoms with Crippen LogP contribution in [-0.2, 0) is 22.7 Å². The molecule has 0 saturated heterocycles. The summed E-state index contributed by atoms with van der Waals surface area (Å²) in [7, 11) is 1.43. The van der Waals surface area contributed by atoms with Crippen molar-refractivity contribution in [2.75, 3.05) is 7.11 Å². The van der Waals surface area contributed by atoms with Gasteiger partial charge in [0.15, 0.2) is 0 Å². The molecule has 0 aromatic heterocycles. The monoisotopic (exact) mass is 341 g/mol. The second-order valence-electron chi connectivity index (χ2n) is 6.19. The van der Waals surface area contributed by atoms with Crippen LogP contribution in [0, 0.1) is 5.92 Å². The van der Waals surface area contributed by atoms with E-state index in [9.17, 15) is 4.79 Å². The summed E-state index contributed by atoms with van der Waals surface area (Å²) in [6.07, 6.45) is 0.916. The molecule has 0 saturated carbocycles. The molecule has 1 N–H and O–H groups in total. The number of methoxy groups -OCH3 is 1. The third-order valence-corrected chi connectivity index (χ3v) is 4.37. The Hall–Kier alpha value is -2.33. The van der Waals surface area contributed by atoms with E-state index < -0.39 is 0 Å². The fourth-order valence-corrected chi connectivity index (χ4v) is 2.55. The second kappa shape index (κ2) is 9.84. The minimum absolute atomic E-state index is 0.211. The predicted molar refractivity (Wildman–Crippen MR) is 99.3 cm³/mol. The van der Waals surface area contributed by atoms with Crippen LogP contribution in [0.1, 0.15) is 31.4 Å². The van der Waals surface area contributed by atoms with Crippen molar-refractivity contribution in [3.8, 4) is 5.75 Å². The van der Waals surface area contributed by atoms with E-state index in [-0.39, 0.29) is 17.9 Å². The molecule has 0 spiro atoms. The third-order valence-electron chi connectivity index (χ3n) is 4.37. The zero-order chi connectivity index (χ0) is 18.1. The molecule has 134 valence electrons. The molecule has 2 aromatic rings. The fraction of sp³-hybridized carbons (Fsp3) is 0.381. The van der Waals surface area contributed by atoms with Crippen molar-refractivity contribution in [2.45, 2.75) is 39.5 Å². The van der Waals surface area contributed by atoms with Gasteiger partial charge in [0.05, 0.1) is 7.11 Å². The maximum Gasteiger partial charge on any atom is 0.323 e. The van der Waals surface area contributed by atoms with Crippen molar-refractivity contribution in [1.29, 1.82) is 0 Å². The van der Waals surface area contributed by atoms with E-state index in [0.717, 1.165) is 23.3 Å². The minimum Gasteiger partial charge on any atom is -0.489 e. The molecule has 0 aliphatic carbocycles. The van der Waals surface area contributed by atoms with E-state index >= 15 is 0 Å². The van der Waals surface area contributed by atoms with Crippen LogP contribution in [0.15, 0.2) is 54.6 Å². The molecule has 25 heavy (non-hydrogen) atoms. The van der Waals surface area contributed by atoms with Crippen LogP contribution in [-0.4, -0.2) is 19.1 Å². The number of benzene rings is 2. The number of hydrogen-bond donors (Lipinski definition) is 1. The summed E-state index contributed by atoms with van der Waals surface area (Å²) in [6, 6.07) is 17.7. The second-order valence-corrected chi connectivity index (χ2v) is 6.19. The topological polar surface area (TPSA) is 47.6 Å². The van der Waals surface area contributed by atoms with Crippen LogP contribution < -0.4 is 10.1 Å². The molecule has 2 rings (SSSR count). The van der Waals surface area contributed by atoms with E-state index in [1.165, 1.54) is 7.11 Å². The molecule has 0 fully saturated rings. The van der Waals surface area contributed by atoms with Crippen LogP contribution in [0.2, 0.25) is 0 Å². The molecule has 0 aliphatic heterocycles. The molecule has 4 nitrogen and oxygen atoms in total. The number of carbonyl (C=O) groups excluding carboxylic acids is 1. The molecule has 0 heterocycles. The fourth-order valence-electron chi connectivity index (χ4n) is 2.55. The number of hydrogen-bond acceptors (Lipinski definition) is 4. The van der Waals surface area contributed by atoms with Gasteiger partial charge in [-0.2, -0.15) is 0 Å². The van der Waals surface area contributed by atoms with Crippen LogP contribution in [0.4, 0.5) is 0 Å². The predicted octanol–water partition coefficient (Wildman–Crippen LogP) is 3.94. The largest absolute Gasteiger partial charge is 0.489 e. The lowest BCUT2D eigenvalue weighted by Gasteiger charge is -2.22. The van der Waals surface area contributed by atoms with Gasteiger partial charge in [-0.1, -0.05) is 62.7 Å². The Morgan fingerprint density at radius 3 is 2.32 bits per heavy atom. The Balaban J connectivity index is 1.87. The quantitative estimate of drug-likeness (QED) is 0.702. The molecule has 0 bridgehead atoms. The van der Waals surface area contributed by atoms with Crippen molar-refractivity contribution in [3.05, 3.63) is 65.7 Å². The highest BCUT2D eigenvalue weighted by atomic mass is 16.5. The molecule has 2 atom stereocenters. The Morgan fingerprint density at radius 2 is 1.72 bits per heavy atom. The average molecular weight is 341 g/mol. The van der Waals surface area contributed by atoms with Gasteiger partial charge in [0.1, 0.15) is 18.4 Å². The lowest BCUT2D eigenvalue weighted by atomic mass is 9.99. The van der Waals surface area contributed by atoms with Crippen LogP contribution in [0.25, 0.3) is 0 Å². The van der Waals surface area contributed by atoms with Gasteiger partial charge in [-0.05, 0) is 29.2 Å². The minimum atomic E-state index is -0.288. The molecule has 4 heteroatoms. The van der Waals surface area contributed by atoms with Gasteiger partial charge in [-0.25, -0.2) is 0 Å². The van der Waals surface area contributed by atoms with Crippen molar-refractivity contribution in [3.63, 3.8) is 0 Å². The maximum absolute atomic E-state index is 11.9. The van der Waals surface area contributed by atoms with Crippen molar-refractivity contribution in [1.82, 2.24) is 5.32 Å². The Bertz CT molecular complexity index is 640. The first-order valence-electron chi connectivity index (χ1n) is 8.71. The Morgan fingerprint density at radius 1 is 1.04 bits per heavy atom. The summed E-state index contributed by atoms with van der Waals surface area (Å²) >= 11 is 0. The van der Waals surface area contributed by atoms with Crippen molar-refractivity contribution < 1.29 is 14.3 Å². The standard InChI is InChI=1S/C21H27NO3/c1-4-16(2)20(21(23)24-3)22-14-17-10-12-19(13-11-17)25-15-18-8-6-5-7-9-18/h5-13,16,20,22H,4,14-15H2,1-3H3. The lowest BCUT2D eigenvalue weighted by Crippen LogP contribution is -2.42. The Kier molecular flexibility index (Phi) is 7.48. The highest BCUT2D eigenvalue weighted by Crippen LogP contribution is 2.15. The SMILES string of the molecule is CCC(C)C(NCc1ccc(OCc2ccccc2)cc1)C(=O)OC. The van der Waals surface area contributed by atoms with Crippen molar-refractivity contribution >= 4 is 5.97 Å². The lowest BCUT2D eigenvalue weighted by molar-refractivity contribution is -0.144. The highest BCUT2D eigenvalue weighted by molar-refractivity contribution is 5.75. The normalized spacial score (nSPS) is 13.1. The first kappa shape index (κ1) is 19.0. The molecule has 0 amide bonds. The summed E-state index contributed by atoms with van der Waals surface area (Å²) < 4.78 is 10.7. The van der Waals surface area contributed by atoms with Gasteiger partial charge in [0.25, 0.3) is 0 Å². The van der Waals surface area contributed by atoms with Gasteiger partial charge < -0.3 is 14.8 Å². The number of ether oxygens (including phenoxy) is 2. The van der Waals surface area contributed by atoms with Crippen molar-refractivity contribution in [2.24, 2.45) is 5.92 Å². The first-order valence-corrected chi connectivity index (χ1v) is 8.71. The number of rotatable bonds is 9. The number of nitrogens with one attached hydrogen (secondary N) is 1. The van der Waals surface area contributed by atoms with Gasteiger partial charge >= 0.3 is 5.97 Å². The summed E-state index contributed by atoms with van der Waals surface area (Å²) in [4.78, 5) is 11.9. The van der Waals surface area contributed by atoms with Gasteiger partial charge in [0.2, 0.25) is 0 Å². The van der Waals surface area contributed by atoms with Crippen LogP contribution in [0.3, 0.4) is 0 Å². The highest BCUT2D eigenvalue weighted by Gasteiger charge is 2.23. The third kappa shape index (κ3) is 5.91. The molecule has 0 radical (unpaired) electrons. The maximum atomic E-state index is 11.9. The van der Waals surface area contributed by atoms with E-state index in [2.05, 4.69) is 19.2 Å². The van der Waals surface area contributed by atoms with Gasteiger partial charge in [-0.15, -0.1) is 0 Å². The summed E-state index contributed by atoms with van der Waals surface area (Å²) in [5.41, 5.74) is 2.24. The zero-order valence-corrected chi connectivity index (χ0v) is 15.2. The molecular formula is C21H27NO3. The summed E-state index contributed by atoms with van der Waals surface area (Å²) in [6.45, 7) is 5.29. The summed E-state index contributed by atoms with van der Waals surface area (Å²) in [5, 5.41) is 3.30. The summed E-state index contributed by atoms with van der Waals surface area (Å²) in [5.74, 6) is 0.845. The van der Waals surface area contributed by atoms with E-state index in [4.69, 9.17) is 9.47 Å². The smallest absolute Gasteiger partial charge is 0.323 e. The van der Waals surface area contributed by atoms with E-state index in [0.29, 0.717) is 13.2 Å². The van der Waals surface area contributed by atoms with Crippen LogP contribution in [0.5, 0.6) is 5.75 Å². The number of esters is 1. The number of carbonyl (C=O) groups is 1. The van der Waals surface area contributed by atoms with E-state index in [1.54, 1.807) is 0 Å². The first-order chi connectivity index (χ1) is 12.1. The van der Waals surface area contributed by atoms with Crippen LogP contribution >= 0.6 is 0 Å². The molecule has 2 aromatic carbocycles. The molecule has 2 unspecified atom stereocenters. The van der Waals surface area contributed by atoms with Gasteiger partial charge in [0, 0.05) is 6.54 Å². The molecule has 0 aliphatic rings. The van der Waals surface area contributed by atoms with E-state index in [1.807, 2.05) is 54.6 Å². The van der Waals surface area contributed by atoms with Gasteiger partial charge in [-0.3, -0.25) is 4.79 Å². The zero-order valence-electron chi connectivity index (χ0n) is 15.2. The average Bonchev–Trinajstić information content (AvgIpc) is 2.67.